The fraction of sp³-hybridized carbons (Fsp3) is 0. The zero-order valence-electron chi connectivity index (χ0n) is 5.85. The molecule has 0 radical (unpaired) electrons. The van der Waals surface area contributed by atoms with E-state index in [0.717, 1.165) is 12.1 Å². The van der Waals surface area contributed by atoms with Crippen LogP contribution in [0.3, 0.4) is 0 Å². The van der Waals surface area contributed by atoms with Crippen LogP contribution in [0.25, 0.3) is 0 Å². The summed E-state index contributed by atoms with van der Waals surface area (Å²) in [6.07, 6.45) is 0. The molecule has 0 aliphatic heterocycles. The molecule has 0 aliphatic carbocycles. The monoisotopic (exact) mass is 276 g/mol. The molecule has 1 aromatic carbocycles. The van der Waals surface area contributed by atoms with Crippen molar-refractivity contribution in [2.24, 2.45) is 0 Å². The summed E-state index contributed by atoms with van der Waals surface area (Å²) in [6.45, 7) is 0. The maximum atomic E-state index is 10.6. The van der Waals surface area contributed by atoms with Gasteiger partial charge in [0.15, 0.2) is 17.2 Å². The summed E-state index contributed by atoms with van der Waals surface area (Å²) in [7, 11) is 0. The van der Waals surface area contributed by atoms with Crippen molar-refractivity contribution in [3.63, 3.8) is 0 Å². The summed E-state index contributed by atoms with van der Waals surface area (Å²) in [5, 5.41) is 26.1. The van der Waals surface area contributed by atoms with Crippen LogP contribution in [0.2, 0.25) is 0 Å². The summed E-state index contributed by atoms with van der Waals surface area (Å²) < 4.78 is 0. The number of phenols is 3. The van der Waals surface area contributed by atoms with Crippen molar-refractivity contribution < 1.29 is 20.1 Å². The van der Waals surface area contributed by atoms with Crippen LogP contribution in [0, 0.1) is 0 Å². The van der Waals surface area contributed by atoms with Crippen molar-refractivity contribution in [3.05, 3.63) is 17.7 Å². The van der Waals surface area contributed by atoms with Gasteiger partial charge in [-0.15, -0.1) is 12.6 Å². The summed E-state index contributed by atoms with van der Waals surface area (Å²) >= 11 is 3.47. The molecule has 4 nitrogen and oxygen atoms in total. The van der Waals surface area contributed by atoms with Crippen LogP contribution in [-0.2, 0) is 0 Å². The molecule has 6 heteroatoms. The average molecular weight is 276 g/mol. The number of thiol groups is 1. The predicted molar refractivity (Wildman–Crippen MR) is 53.3 cm³/mol. The molecule has 0 heterocycles. The Morgan fingerprint density at radius 3 is 1.85 bits per heavy atom. The molecule has 68 valence electrons. The van der Waals surface area contributed by atoms with Crippen molar-refractivity contribution in [1.82, 2.24) is 0 Å². The standard InChI is InChI=1S/C7H6O4S.Sr.2H/c8-4-1-3(7(11)12)2-5(9)6(4)10;;;/h1-2,8-10H,(H,11,12);;;. The van der Waals surface area contributed by atoms with Gasteiger partial charge in [-0.05, 0) is 12.1 Å². The van der Waals surface area contributed by atoms with Gasteiger partial charge in [-0.1, -0.05) is 0 Å². The first-order chi connectivity index (χ1) is 5.52. The van der Waals surface area contributed by atoms with E-state index in [-0.39, 0.29) is 51.0 Å². The van der Waals surface area contributed by atoms with Crippen LogP contribution in [0.1, 0.15) is 10.4 Å². The number of phenolic OH excluding ortho intramolecular Hbond substituents is 3. The van der Waals surface area contributed by atoms with E-state index in [9.17, 15) is 4.79 Å². The Labute approximate surface area is 117 Å². The van der Waals surface area contributed by atoms with E-state index in [2.05, 4.69) is 12.6 Å². The topological polar surface area (TPSA) is 77.8 Å². The number of aromatic hydroxyl groups is 3. The van der Waals surface area contributed by atoms with E-state index in [1.54, 1.807) is 0 Å². The molecule has 0 fully saturated rings. The van der Waals surface area contributed by atoms with E-state index in [4.69, 9.17) is 15.3 Å². The van der Waals surface area contributed by atoms with Gasteiger partial charge in [0, 0.05) is 5.56 Å². The number of carbonyl (C=O) groups is 1. The summed E-state index contributed by atoms with van der Waals surface area (Å²) in [5.41, 5.74) is 0.0196. The van der Waals surface area contributed by atoms with Gasteiger partial charge in [0.05, 0.1) is 0 Å². The van der Waals surface area contributed by atoms with Gasteiger partial charge in [-0.3, -0.25) is 4.79 Å². The number of rotatable bonds is 1. The third kappa shape index (κ3) is 3.07. The van der Waals surface area contributed by atoms with Crippen LogP contribution in [0.4, 0.5) is 0 Å². The Morgan fingerprint density at radius 1 is 1.15 bits per heavy atom. The minimum atomic E-state index is -0.645. The molecule has 0 bridgehead atoms. The molecule has 0 atom stereocenters. The van der Waals surface area contributed by atoms with Gasteiger partial charge >= 0.3 is 45.5 Å². The van der Waals surface area contributed by atoms with E-state index < -0.39 is 22.4 Å². The second-order valence-corrected chi connectivity index (χ2v) is 2.57. The first kappa shape index (κ1) is 13.1. The summed E-state index contributed by atoms with van der Waals surface area (Å²) in [5.74, 6) is -1.74. The molecule has 1 aromatic rings. The fourth-order valence-electron chi connectivity index (χ4n) is 0.728. The second kappa shape index (κ2) is 5.11. The fourth-order valence-corrected chi connectivity index (χ4v) is 0.857. The Hall–Kier alpha value is 0.121. The molecule has 0 amide bonds. The predicted octanol–water partition coefficient (Wildman–Crippen LogP) is -0.0428. The van der Waals surface area contributed by atoms with Gasteiger partial charge in [-0.2, -0.15) is 0 Å². The molecule has 0 saturated heterocycles. The van der Waals surface area contributed by atoms with Crippen molar-refractivity contribution >= 4 is 63.2 Å². The van der Waals surface area contributed by atoms with Crippen molar-refractivity contribution in [2.45, 2.75) is 0 Å². The molecule has 0 spiro atoms. The minimum absolute atomic E-state index is 0. The van der Waals surface area contributed by atoms with Gasteiger partial charge in [0.25, 0.3) is 0 Å². The number of carbonyl (C=O) groups excluding carboxylic acids is 1. The van der Waals surface area contributed by atoms with Gasteiger partial charge in [0.2, 0.25) is 5.12 Å². The quantitative estimate of drug-likeness (QED) is 0.329. The number of benzene rings is 1. The zero-order valence-corrected chi connectivity index (χ0v) is 6.75. The van der Waals surface area contributed by atoms with E-state index in [0.29, 0.717) is 0 Å². The number of hydrogen-bond donors (Lipinski definition) is 4. The Kier molecular flexibility index (Phi) is 5.16. The molecule has 0 aliphatic rings. The van der Waals surface area contributed by atoms with Crippen molar-refractivity contribution in [1.29, 1.82) is 0 Å². The van der Waals surface area contributed by atoms with Gasteiger partial charge in [0.1, 0.15) is 0 Å². The maximum absolute atomic E-state index is 10.6. The molecular formula is C7H8O4SSr. The van der Waals surface area contributed by atoms with E-state index >= 15 is 0 Å². The van der Waals surface area contributed by atoms with Crippen LogP contribution >= 0.6 is 12.6 Å². The second-order valence-electron chi connectivity index (χ2n) is 2.17. The van der Waals surface area contributed by atoms with E-state index in [1.165, 1.54) is 0 Å². The van der Waals surface area contributed by atoms with Crippen LogP contribution in [0.5, 0.6) is 17.2 Å². The molecule has 3 N–H and O–H groups in total. The van der Waals surface area contributed by atoms with Gasteiger partial charge in [-0.25, -0.2) is 0 Å². The first-order valence-electron chi connectivity index (χ1n) is 3.00. The van der Waals surface area contributed by atoms with Crippen LogP contribution in [-0.4, -0.2) is 65.9 Å². The first-order valence-corrected chi connectivity index (χ1v) is 3.45. The van der Waals surface area contributed by atoms with Crippen LogP contribution in [0.15, 0.2) is 12.1 Å². The Balaban J connectivity index is 0.00000144. The molecular weight excluding hydrogens is 268 g/mol. The Bertz CT molecular complexity index is 316. The summed E-state index contributed by atoms with van der Waals surface area (Å²) in [6, 6.07) is 2.04. The molecule has 0 aromatic heterocycles. The molecule has 0 saturated carbocycles. The van der Waals surface area contributed by atoms with E-state index in [1.807, 2.05) is 0 Å². The van der Waals surface area contributed by atoms with Gasteiger partial charge < -0.3 is 15.3 Å². The van der Waals surface area contributed by atoms with Crippen molar-refractivity contribution in [3.8, 4) is 17.2 Å². The van der Waals surface area contributed by atoms with Crippen molar-refractivity contribution in [2.75, 3.05) is 0 Å². The molecule has 1 rings (SSSR count). The SMILES string of the molecule is O=C(S)c1cc(O)c(O)c(O)c1.[SrH2]. The normalized spacial score (nSPS) is 9.00. The number of hydrogen-bond acceptors (Lipinski definition) is 4. The molecule has 13 heavy (non-hydrogen) atoms. The summed E-state index contributed by atoms with van der Waals surface area (Å²) in [4.78, 5) is 10.6. The average Bonchev–Trinajstić information content (AvgIpc) is 1.99. The molecule has 0 unspecified atom stereocenters. The Morgan fingerprint density at radius 2 is 1.54 bits per heavy atom. The van der Waals surface area contributed by atoms with Crippen LogP contribution < -0.4 is 0 Å². The third-order valence-electron chi connectivity index (χ3n) is 1.32. The zero-order chi connectivity index (χ0) is 9.30. The third-order valence-corrected chi connectivity index (χ3v) is 1.57.